The molecule has 6 nitrogen and oxygen atoms in total. The number of hydrogen-bond acceptors (Lipinski definition) is 6. The molecule has 7 heteroatoms. The number of carboxylic acids is 1. The van der Waals surface area contributed by atoms with Crippen LogP contribution in [-0.4, -0.2) is 40.5 Å². The van der Waals surface area contributed by atoms with Crippen LogP contribution >= 0.6 is 0 Å². The molecule has 2 unspecified atom stereocenters. The molecule has 2 N–H and O–H groups in total. The summed E-state index contributed by atoms with van der Waals surface area (Å²) in [6.07, 6.45) is 0.264. The summed E-state index contributed by atoms with van der Waals surface area (Å²) in [5.41, 5.74) is 4.99. The molecule has 0 saturated heterocycles. The van der Waals surface area contributed by atoms with Gasteiger partial charge < -0.3 is 24.9 Å². The van der Waals surface area contributed by atoms with E-state index in [1.54, 1.807) is 25.3 Å². The summed E-state index contributed by atoms with van der Waals surface area (Å²) in [6, 6.07) is 6.20. The zero-order chi connectivity index (χ0) is 24.7. The van der Waals surface area contributed by atoms with Crippen LogP contribution in [0.15, 0.2) is 30.3 Å². The molecule has 2 aromatic rings. The van der Waals surface area contributed by atoms with E-state index in [-0.39, 0.29) is 24.1 Å². The smallest absolute Gasteiger partial charge is 0.123 e. The standard InChI is InChI=1S/C26H34FNO5/c1-15(2)25-21(11-10-19(29)12-20(30)13-23(31)32)24(17-6-8-18(27)9-7-17)22(14-33-5)26(28-25)16(3)4/h6-11,15-16,19-20,29-30H,12-14H2,1-5H3,(H,31,32)/p-1. The fourth-order valence-corrected chi connectivity index (χ4v) is 3.84. The SMILES string of the molecule is COCc1c(C(C)C)nc(C(C)C)c(C=CC(O)CC(O)CC(=O)[O-])c1-c1ccc(F)cc1. The van der Waals surface area contributed by atoms with Gasteiger partial charge in [0.15, 0.2) is 0 Å². The van der Waals surface area contributed by atoms with Gasteiger partial charge in [-0.3, -0.25) is 4.98 Å². The topological polar surface area (TPSA) is 103 Å². The lowest BCUT2D eigenvalue weighted by Gasteiger charge is -2.23. The number of rotatable bonds is 11. The number of carbonyl (C=O) groups excluding carboxylic acids is 1. The van der Waals surface area contributed by atoms with E-state index in [4.69, 9.17) is 9.72 Å². The fraction of sp³-hybridized carbons (Fsp3) is 0.462. The Bertz CT molecular complexity index is 970. The van der Waals surface area contributed by atoms with Crippen LogP contribution in [-0.2, 0) is 16.1 Å². The number of aliphatic carboxylic acids is 1. The van der Waals surface area contributed by atoms with E-state index in [0.29, 0.717) is 6.61 Å². The molecular weight excluding hydrogens is 425 g/mol. The normalized spacial score (nSPS) is 13.8. The molecule has 180 valence electrons. The van der Waals surface area contributed by atoms with Crippen molar-refractivity contribution in [3.63, 3.8) is 0 Å². The molecule has 2 rings (SSSR count). The number of nitrogens with zero attached hydrogens (tertiary/aromatic N) is 1. The second-order valence-electron chi connectivity index (χ2n) is 8.79. The van der Waals surface area contributed by atoms with E-state index < -0.39 is 24.6 Å². The molecule has 0 fully saturated rings. The highest BCUT2D eigenvalue weighted by atomic mass is 19.1. The zero-order valence-corrected chi connectivity index (χ0v) is 19.8. The van der Waals surface area contributed by atoms with Gasteiger partial charge in [0.25, 0.3) is 0 Å². The lowest BCUT2D eigenvalue weighted by molar-refractivity contribution is -0.307. The third kappa shape index (κ3) is 7.19. The number of carboxylic acid groups (broad SMARTS) is 1. The number of benzene rings is 1. The minimum absolute atomic E-state index is 0.0544. The van der Waals surface area contributed by atoms with Crippen molar-refractivity contribution in [2.24, 2.45) is 0 Å². The number of halogens is 1. The summed E-state index contributed by atoms with van der Waals surface area (Å²) < 4.78 is 19.2. The number of aliphatic hydroxyl groups is 2. The monoisotopic (exact) mass is 458 g/mol. The predicted octanol–water partition coefficient (Wildman–Crippen LogP) is 3.55. The van der Waals surface area contributed by atoms with Gasteiger partial charge in [0.2, 0.25) is 0 Å². The highest BCUT2D eigenvalue weighted by Crippen LogP contribution is 2.37. The number of hydrogen-bond donors (Lipinski definition) is 2. The second kappa shape index (κ2) is 12.0. The van der Waals surface area contributed by atoms with Gasteiger partial charge in [-0.1, -0.05) is 52.0 Å². The Labute approximate surface area is 194 Å². The summed E-state index contributed by atoms with van der Waals surface area (Å²) in [5.74, 6) is -1.55. The maximum Gasteiger partial charge on any atom is 0.123 e. The van der Waals surface area contributed by atoms with Crippen LogP contribution in [0.25, 0.3) is 17.2 Å². The van der Waals surface area contributed by atoms with E-state index in [1.165, 1.54) is 18.2 Å². The molecule has 1 heterocycles. The Kier molecular flexibility index (Phi) is 9.70. The Balaban J connectivity index is 2.69. The van der Waals surface area contributed by atoms with Gasteiger partial charge in [-0.05, 0) is 35.1 Å². The Morgan fingerprint density at radius 1 is 1.12 bits per heavy atom. The molecule has 0 aliphatic heterocycles. The quantitative estimate of drug-likeness (QED) is 0.534. The second-order valence-corrected chi connectivity index (χ2v) is 8.79. The summed E-state index contributed by atoms with van der Waals surface area (Å²) in [5, 5.41) is 30.9. The Morgan fingerprint density at radius 3 is 2.24 bits per heavy atom. The van der Waals surface area contributed by atoms with E-state index in [2.05, 4.69) is 13.8 Å². The highest BCUT2D eigenvalue weighted by molar-refractivity contribution is 5.80. The van der Waals surface area contributed by atoms with Gasteiger partial charge in [-0.15, -0.1) is 0 Å². The van der Waals surface area contributed by atoms with Crippen LogP contribution in [0.5, 0.6) is 0 Å². The molecule has 33 heavy (non-hydrogen) atoms. The van der Waals surface area contributed by atoms with Crippen molar-refractivity contribution >= 4 is 12.0 Å². The zero-order valence-electron chi connectivity index (χ0n) is 19.8. The number of ether oxygens (including phenoxy) is 1. The largest absolute Gasteiger partial charge is 0.550 e. The van der Waals surface area contributed by atoms with Crippen LogP contribution in [0.2, 0.25) is 0 Å². The molecule has 2 atom stereocenters. The predicted molar refractivity (Wildman–Crippen MR) is 124 cm³/mol. The number of methoxy groups -OCH3 is 1. The minimum Gasteiger partial charge on any atom is -0.550 e. The van der Waals surface area contributed by atoms with Crippen LogP contribution < -0.4 is 5.11 Å². The van der Waals surface area contributed by atoms with E-state index in [9.17, 15) is 24.5 Å². The summed E-state index contributed by atoms with van der Waals surface area (Å²) >= 11 is 0. The first kappa shape index (κ1) is 26.6. The third-order valence-corrected chi connectivity index (χ3v) is 5.31. The first-order chi connectivity index (χ1) is 15.5. The number of pyridine rings is 1. The molecule has 0 radical (unpaired) electrons. The average Bonchev–Trinajstić information content (AvgIpc) is 2.72. The van der Waals surface area contributed by atoms with Crippen LogP contribution in [0.3, 0.4) is 0 Å². The molecule has 0 saturated carbocycles. The highest BCUT2D eigenvalue weighted by Gasteiger charge is 2.23. The molecule has 0 bridgehead atoms. The maximum atomic E-state index is 13.7. The van der Waals surface area contributed by atoms with Crippen LogP contribution in [0, 0.1) is 5.82 Å². The third-order valence-electron chi connectivity index (χ3n) is 5.31. The molecule has 1 aromatic heterocycles. The summed E-state index contributed by atoms with van der Waals surface area (Å²) in [4.78, 5) is 15.6. The van der Waals surface area contributed by atoms with E-state index in [0.717, 1.165) is 33.6 Å². The molecule has 1 aromatic carbocycles. The Morgan fingerprint density at radius 2 is 1.73 bits per heavy atom. The maximum absolute atomic E-state index is 13.7. The summed E-state index contributed by atoms with van der Waals surface area (Å²) in [7, 11) is 1.60. The van der Waals surface area contributed by atoms with Crippen molar-refractivity contribution in [3.8, 4) is 11.1 Å². The molecule has 0 aliphatic rings. The van der Waals surface area contributed by atoms with Crippen molar-refractivity contribution < 1.29 is 29.2 Å². The van der Waals surface area contributed by atoms with Crippen molar-refractivity contribution in [3.05, 3.63) is 58.7 Å². The van der Waals surface area contributed by atoms with Crippen LogP contribution in [0.4, 0.5) is 4.39 Å². The first-order valence-electron chi connectivity index (χ1n) is 11.1. The number of aromatic nitrogens is 1. The lowest BCUT2D eigenvalue weighted by Crippen LogP contribution is -2.29. The van der Waals surface area contributed by atoms with E-state index in [1.807, 2.05) is 13.8 Å². The van der Waals surface area contributed by atoms with E-state index >= 15 is 0 Å². The Hall–Kier alpha value is -2.61. The van der Waals surface area contributed by atoms with Gasteiger partial charge in [0, 0.05) is 42.7 Å². The number of carbonyl (C=O) groups is 1. The van der Waals surface area contributed by atoms with Gasteiger partial charge in [-0.2, -0.15) is 0 Å². The average molecular weight is 459 g/mol. The molecule has 0 spiro atoms. The fourth-order valence-electron chi connectivity index (χ4n) is 3.84. The van der Waals surface area contributed by atoms with Crippen molar-refractivity contribution in [2.75, 3.05) is 7.11 Å². The van der Waals surface area contributed by atoms with Gasteiger partial charge in [0.05, 0.1) is 24.5 Å². The first-order valence-corrected chi connectivity index (χ1v) is 11.1. The van der Waals surface area contributed by atoms with Gasteiger partial charge in [-0.25, -0.2) is 4.39 Å². The van der Waals surface area contributed by atoms with Gasteiger partial charge in [0.1, 0.15) is 5.82 Å². The lowest BCUT2D eigenvalue weighted by atomic mass is 9.87. The number of aliphatic hydroxyl groups excluding tert-OH is 2. The molecule has 0 amide bonds. The van der Waals surface area contributed by atoms with Crippen LogP contribution in [0.1, 0.15) is 74.9 Å². The summed E-state index contributed by atoms with van der Waals surface area (Å²) in [6.45, 7) is 8.46. The van der Waals surface area contributed by atoms with Crippen molar-refractivity contribution in [1.29, 1.82) is 0 Å². The molecule has 0 aliphatic carbocycles. The van der Waals surface area contributed by atoms with Crippen molar-refractivity contribution in [1.82, 2.24) is 4.98 Å². The minimum atomic E-state index is -1.38. The van der Waals surface area contributed by atoms with Gasteiger partial charge >= 0.3 is 0 Å². The van der Waals surface area contributed by atoms with Crippen molar-refractivity contribution in [2.45, 2.75) is 71.2 Å². The molecular formula is C26H33FNO5-.